The van der Waals surface area contributed by atoms with Crippen molar-refractivity contribution in [3.63, 3.8) is 0 Å². The number of benzene rings is 2. The van der Waals surface area contributed by atoms with Crippen LogP contribution in [0.4, 0.5) is 5.69 Å². The maximum atomic E-state index is 13.0. The predicted molar refractivity (Wildman–Crippen MR) is 127 cm³/mol. The molecular formula is C24H25Cl2N3O4. The third-order valence-corrected chi connectivity index (χ3v) is 6.79. The van der Waals surface area contributed by atoms with Gasteiger partial charge in [-0.3, -0.25) is 14.4 Å². The molecular weight excluding hydrogens is 465 g/mol. The molecule has 2 amide bonds. The van der Waals surface area contributed by atoms with Crippen molar-refractivity contribution >= 4 is 47.2 Å². The van der Waals surface area contributed by atoms with Gasteiger partial charge in [-0.15, -0.1) is 0 Å². The summed E-state index contributed by atoms with van der Waals surface area (Å²) in [4.78, 5) is 40.3. The van der Waals surface area contributed by atoms with E-state index in [1.165, 1.54) is 0 Å². The molecule has 33 heavy (non-hydrogen) atoms. The fraction of sp³-hybridized carbons (Fsp3) is 0.375. The summed E-state index contributed by atoms with van der Waals surface area (Å²) in [6.07, 6.45) is 0.986. The number of amides is 2. The molecule has 0 saturated carbocycles. The van der Waals surface area contributed by atoms with E-state index < -0.39 is 0 Å². The molecule has 2 heterocycles. The second-order valence-corrected chi connectivity index (χ2v) is 9.35. The first-order chi connectivity index (χ1) is 15.9. The third-order valence-electron chi connectivity index (χ3n) is 6.35. The van der Waals surface area contributed by atoms with Gasteiger partial charge in [0.2, 0.25) is 5.91 Å². The smallest absolute Gasteiger partial charge is 0.298 e. The molecule has 0 spiro atoms. The number of carbonyl (C=O) groups is 3. The molecule has 2 saturated heterocycles. The maximum absolute atomic E-state index is 13.0. The number of aryl methyl sites for hydroxylation is 1. The van der Waals surface area contributed by atoms with Gasteiger partial charge in [-0.25, -0.2) is 0 Å². The number of hydrogen-bond donors (Lipinski definition) is 1. The number of ether oxygens (including phenoxy) is 1. The zero-order valence-corrected chi connectivity index (χ0v) is 19.7. The molecule has 9 heteroatoms. The van der Waals surface area contributed by atoms with Crippen molar-refractivity contribution in [3.05, 3.63) is 57.6 Å². The van der Waals surface area contributed by atoms with Crippen molar-refractivity contribution < 1.29 is 19.1 Å². The first-order valence-electron chi connectivity index (χ1n) is 10.8. The number of hydrogen-bond acceptors (Lipinski definition) is 5. The van der Waals surface area contributed by atoms with Gasteiger partial charge in [0.1, 0.15) is 0 Å². The minimum Gasteiger partial charge on any atom is -0.427 e. The van der Waals surface area contributed by atoms with Crippen LogP contribution in [-0.2, 0) is 16.0 Å². The average molecular weight is 490 g/mol. The second-order valence-electron chi connectivity index (χ2n) is 8.48. The molecule has 174 valence electrons. The first-order valence-corrected chi connectivity index (χ1v) is 11.6. The summed E-state index contributed by atoms with van der Waals surface area (Å²) in [5, 5.41) is 4.06. The summed E-state index contributed by atoms with van der Waals surface area (Å²) in [5.74, 6) is 0.854. The highest BCUT2D eigenvalue weighted by Gasteiger charge is 2.43. The Balaban J connectivity index is 1.32. The molecule has 7 nitrogen and oxygen atoms in total. The molecule has 2 aromatic rings. The number of anilines is 1. The standard InChI is InChI=1S/C24H25Cl2N3O4/c1-27-21-4-3-16(8-22(21)33-14-30)24(32)29-12-17-10-28(11-18(17)13-29)23(31)5-2-15-6-19(25)9-20(26)7-15/h3-4,6-9,14,17-18,27H,2,5,10-13H2,1H3/t17-,18+. The van der Waals surface area contributed by atoms with Crippen LogP contribution in [0.1, 0.15) is 22.3 Å². The van der Waals surface area contributed by atoms with Gasteiger partial charge in [0.15, 0.2) is 5.75 Å². The van der Waals surface area contributed by atoms with Gasteiger partial charge in [0.05, 0.1) is 5.69 Å². The lowest BCUT2D eigenvalue weighted by Crippen LogP contribution is -2.35. The topological polar surface area (TPSA) is 79.0 Å². The summed E-state index contributed by atoms with van der Waals surface area (Å²) >= 11 is 12.1. The normalized spacial score (nSPS) is 19.4. The fourth-order valence-corrected chi connectivity index (χ4v) is 5.29. The van der Waals surface area contributed by atoms with Crippen molar-refractivity contribution in [2.45, 2.75) is 12.8 Å². The van der Waals surface area contributed by atoms with Crippen LogP contribution >= 0.6 is 23.2 Å². The van der Waals surface area contributed by atoms with E-state index in [-0.39, 0.29) is 23.7 Å². The lowest BCUT2D eigenvalue weighted by Gasteiger charge is -2.22. The molecule has 2 atom stereocenters. The van der Waals surface area contributed by atoms with Gasteiger partial charge in [-0.1, -0.05) is 23.2 Å². The van der Waals surface area contributed by atoms with Crippen LogP contribution in [0.2, 0.25) is 10.0 Å². The summed E-state index contributed by atoms with van der Waals surface area (Å²) in [6, 6.07) is 10.4. The SMILES string of the molecule is CNc1ccc(C(=O)N2C[C@H]3CN(C(=O)CCc4cc(Cl)cc(Cl)c4)C[C@H]3C2)cc1OC=O. The van der Waals surface area contributed by atoms with Crippen LogP contribution in [0.5, 0.6) is 5.75 Å². The van der Waals surface area contributed by atoms with Crippen LogP contribution in [0.3, 0.4) is 0 Å². The Morgan fingerprint density at radius 1 is 1.03 bits per heavy atom. The number of fused-ring (bicyclic) bond motifs is 1. The summed E-state index contributed by atoms with van der Waals surface area (Å²) in [7, 11) is 1.72. The summed E-state index contributed by atoms with van der Waals surface area (Å²) in [6.45, 7) is 2.87. The van der Waals surface area contributed by atoms with Gasteiger partial charge in [0.25, 0.3) is 12.4 Å². The van der Waals surface area contributed by atoms with Crippen LogP contribution in [0.15, 0.2) is 36.4 Å². The molecule has 0 aliphatic carbocycles. The highest BCUT2D eigenvalue weighted by atomic mass is 35.5. The van der Waals surface area contributed by atoms with Crippen LogP contribution in [0.25, 0.3) is 0 Å². The van der Waals surface area contributed by atoms with E-state index in [1.54, 1.807) is 31.3 Å². The predicted octanol–water partition coefficient (Wildman–Crippen LogP) is 3.73. The maximum Gasteiger partial charge on any atom is 0.298 e. The van der Waals surface area contributed by atoms with Crippen molar-refractivity contribution in [3.8, 4) is 5.75 Å². The molecule has 0 unspecified atom stereocenters. The molecule has 1 N–H and O–H groups in total. The largest absolute Gasteiger partial charge is 0.427 e. The molecule has 4 rings (SSSR count). The third kappa shape index (κ3) is 5.25. The van der Waals surface area contributed by atoms with Crippen molar-refractivity contribution in [1.82, 2.24) is 9.80 Å². The summed E-state index contributed by atoms with van der Waals surface area (Å²) in [5.41, 5.74) is 2.05. The summed E-state index contributed by atoms with van der Waals surface area (Å²) < 4.78 is 4.99. The number of nitrogens with zero attached hydrogens (tertiary/aromatic N) is 2. The fourth-order valence-electron chi connectivity index (χ4n) is 4.72. The molecule has 0 bridgehead atoms. The van der Waals surface area contributed by atoms with E-state index in [9.17, 15) is 14.4 Å². The number of rotatable bonds is 7. The zero-order valence-electron chi connectivity index (χ0n) is 18.2. The lowest BCUT2D eigenvalue weighted by atomic mass is 10.0. The van der Waals surface area contributed by atoms with E-state index >= 15 is 0 Å². The van der Waals surface area contributed by atoms with Crippen molar-refractivity contribution in [2.24, 2.45) is 11.8 Å². The van der Waals surface area contributed by atoms with Gasteiger partial charge < -0.3 is 19.9 Å². The quantitative estimate of drug-likeness (QED) is 0.599. The highest BCUT2D eigenvalue weighted by molar-refractivity contribution is 6.34. The molecule has 2 aromatic carbocycles. The Labute approximate surface area is 202 Å². The van der Waals surface area contributed by atoms with Gasteiger partial charge in [0, 0.05) is 67.1 Å². The second kappa shape index (κ2) is 10.0. The molecule has 2 aliphatic rings. The van der Waals surface area contributed by atoms with E-state index in [4.69, 9.17) is 27.9 Å². The Morgan fingerprint density at radius 2 is 1.67 bits per heavy atom. The Hall–Kier alpha value is -2.77. The first kappa shape index (κ1) is 23.4. The zero-order chi connectivity index (χ0) is 23.5. The Kier molecular flexibility index (Phi) is 7.10. The van der Waals surface area contributed by atoms with E-state index in [0.29, 0.717) is 72.5 Å². The van der Waals surface area contributed by atoms with Crippen molar-refractivity contribution in [1.29, 1.82) is 0 Å². The van der Waals surface area contributed by atoms with Gasteiger partial charge in [-0.2, -0.15) is 0 Å². The molecule has 0 aromatic heterocycles. The van der Waals surface area contributed by atoms with Crippen LogP contribution < -0.4 is 10.1 Å². The molecule has 2 aliphatic heterocycles. The number of halogens is 2. The molecule has 0 radical (unpaired) electrons. The highest BCUT2D eigenvalue weighted by Crippen LogP contribution is 2.33. The Morgan fingerprint density at radius 3 is 2.27 bits per heavy atom. The number of carbonyl (C=O) groups excluding carboxylic acids is 3. The van der Waals surface area contributed by atoms with Crippen LogP contribution in [-0.4, -0.2) is 61.3 Å². The van der Waals surface area contributed by atoms with Gasteiger partial charge >= 0.3 is 0 Å². The molecule has 2 fully saturated rings. The van der Waals surface area contributed by atoms with E-state index in [2.05, 4.69) is 5.32 Å². The monoisotopic (exact) mass is 489 g/mol. The lowest BCUT2D eigenvalue weighted by molar-refractivity contribution is -0.130. The van der Waals surface area contributed by atoms with Crippen LogP contribution in [0, 0.1) is 11.8 Å². The van der Waals surface area contributed by atoms with Crippen molar-refractivity contribution in [2.75, 3.05) is 38.5 Å². The number of nitrogens with one attached hydrogen (secondary N) is 1. The van der Waals surface area contributed by atoms with E-state index in [1.807, 2.05) is 21.9 Å². The minimum absolute atomic E-state index is 0.0986. The Bertz CT molecular complexity index is 1040. The van der Waals surface area contributed by atoms with E-state index in [0.717, 1.165) is 5.56 Å². The minimum atomic E-state index is -0.0986. The van der Waals surface area contributed by atoms with Gasteiger partial charge in [-0.05, 0) is 48.4 Å². The average Bonchev–Trinajstić information content (AvgIpc) is 3.36. The number of likely N-dealkylation sites (tertiary alicyclic amines) is 2.